The summed E-state index contributed by atoms with van der Waals surface area (Å²) in [5, 5.41) is 12.5. The molecule has 1 N–H and O–H groups in total. The van der Waals surface area contributed by atoms with Crippen LogP contribution < -0.4 is 10.4 Å². The molecule has 0 saturated heterocycles. The molecule has 0 fully saturated rings. The van der Waals surface area contributed by atoms with E-state index in [0.717, 1.165) is 24.8 Å². The molecule has 0 heterocycles. The van der Waals surface area contributed by atoms with E-state index in [-0.39, 0.29) is 17.6 Å². The predicted octanol–water partition coefficient (Wildman–Crippen LogP) is 3.82. The monoisotopic (exact) mass is 380 g/mol. The van der Waals surface area contributed by atoms with E-state index in [1.807, 2.05) is 0 Å². The van der Waals surface area contributed by atoms with Gasteiger partial charge in [0.05, 0.1) is 12.2 Å². The van der Waals surface area contributed by atoms with Crippen LogP contribution in [0.15, 0.2) is 71.8 Å². The zero-order valence-corrected chi connectivity index (χ0v) is 18.2. The first kappa shape index (κ1) is 20.1. The average Bonchev–Trinajstić information content (AvgIpc) is 2.68. The molecule has 2 aromatic rings. The van der Waals surface area contributed by atoms with Crippen LogP contribution in [0.2, 0.25) is 0 Å². The topological polar surface area (TPSA) is 29.5 Å². The second-order valence-corrected chi connectivity index (χ2v) is 11.0. The molecular formula is C24H32O2Si. The normalized spacial score (nSPS) is 21.0. The van der Waals surface area contributed by atoms with Crippen molar-refractivity contribution in [1.82, 2.24) is 0 Å². The fourth-order valence-corrected chi connectivity index (χ4v) is 7.31. The summed E-state index contributed by atoms with van der Waals surface area (Å²) in [7, 11) is -1.88. The summed E-state index contributed by atoms with van der Waals surface area (Å²) in [6.45, 7) is 9.14. The largest absolute Gasteiger partial charge is 0.401 e. The highest BCUT2D eigenvalue weighted by atomic mass is 28.3. The molecule has 0 bridgehead atoms. The molecule has 2 nitrogen and oxygen atoms in total. The number of rotatable bonds is 5. The van der Waals surface area contributed by atoms with Crippen LogP contribution in [0.3, 0.4) is 0 Å². The Kier molecular flexibility index (Phi) is 6.04. The highest BCUT2D eigenvalue weighted by Crippen LogP contribution is 2.48. The van der Waals surface area contributed by atoms with Crippen LogP contribution in [0.1, 0.15) is 47.0 Å². The van der Waals surface area contributed by atoms with E-state index in [0.29, 0.717) is 0 Å². The lowest BCUT2D eigenvalue weighted by Gasteiger charge is -2.51. The lowest BCUT2D eigenvalue weighted by atomic mass is 9.66. The quantitative estimate of drug-likeness (QED) is 0.631. The van der Waals surface area contributed by atoms with Gasteiger partial charge in [-0.3, -0.25) is 0 Å². The van der Waals surface area contributed by atoms with Crippen molar-refractivity contribution in [2.24, 2.45) is 5.41 Å². The summed E-state index contributed by atoms with van der Waals surface area (Å²) >= 11 is 0. The van der Waals surface area contributed by atoms with Gasteiger partial charge in [0.1, 0.15) is 0 Å². The maximum atomic E-state index is 9.93. The fraction of sp³-hybridized carbons (Fsp3) is 0.417. The summed E-state index contributed by atoms with van der Waals surface area (Å²) < 4.78 is 7.23. The second-order valence-electron chi connectivity index (χ2n) is 8.64. The Morgan fingerprint density at radius 3 is 1.93 bits per heavy atom. The number of hydrogen-bond donors (Lipinski definition) is 1. The van der Waals surface area contributed by atoms with Crippen molar-refractivity contribution >= 4 is 19.4 Å². The van der Waals surface area contributed by atoms with Crippen molar-refractivity contribution < 1.29 is 9.53 Å². The summed E-state index contributed by atoms with van der Waals surface area (Å²) in [6.07, 6.45) is 3.05. The minimum atomic E-state index is -1.88. The molecule has 0 radical (unpaired) electrons. The SMILES string of the molecule is CC1=C(CO)CCCC1(O[SiH](c1ccccc1)c1ccccc1)C(C)(C)C. The summed E-state index contributed by atoms with van der Waals surface area (Å²) in [5.41, 5.74) is 2.01. The maximum absolute atomic E-state index is 9.93. The van der Waals surface area contributed by atoms with E-state index in [1.54, 1.807) is 0 Å². The van der Waals surface area contributed by atoms with Crippen molar-refractivity contribution in [3.8, 4) is 0 Å². The zero-order valence-electron chi connectivity index (χ0n) is 17.0. The van der Waals surface area contributed by atoms with Gasteiger partial charge < -0.3 is 9.53 Å². The minimum absolute atomic E-state index is 0.0489. The molecule has 0 spiro atoms. The number of hydrogen-bond acceptors (Lipinski definition) is 2. The van der Waals surface area contributed by atoms with Crippen molar-refractivity contribution in [3.05, 3.63) is 71.8 Å². The van der Waals surface area contributed by atoms with Crippen molar-refractivity contribution in [3.63, 3.8) is 0 Å². The molecule has 0 amide bonds. The van der Waals surface area contributed by atoms with Crippen LogP contribution in [-0.4, -0.2) is 26.4 Å². The van der Waals surface area contributed by atoms with Gasteiger partial charge in [0.15, 0.2) is 0 Å². The van der Waals surface area contributed by atoms with E-state index in [2.05, 4.69) is 88.4 Å². The third kappa shape index (κ3) is 3.96. The molecule has 0 saturated carbocycles. The maximum Gasteiger partial charge on any atom is 0.241 e. The van der Waals surface area contributed by atoms with Gasteiger partial charge in [0.25, 0.3) is 0 Å². The van der Waals surface area contributed by atoms with Gasteiger partial charge in [0.2, 0.25) is 9.04 Å². The predicted molar refractivity (Wildman–Crippen MR) is 116 cm³/mol. The van der Waals surface area contributed by atoms with Crippen molar-refractivity contribution in [2.45, 2.75) is 52.6 Å². The molecule has 3 rings (SSSR count). The summed E-state index contributed by atoms with van der Waals surface area (Å²) in [5.74, 6) is 0. The van der Waals surface area contributed by atoms with Gasteiger partial charge in [-0.2, -0.15) is 0 Å². The molecule has 2 aromatic carbocycles. The first-order valence-corrected chi connectivity index (χ1v) is 11.6. The number of benzene rings is 2. The third-order valence-electron chi connectivity index (χ3n) is 6.07. The molecule has 27 heavy (non-hydrogen) atoms. The van der Waals surface area contributed by atoms with Crippen molar-refractivity contribution in [1.29, 1.82) is 0 Å². The van der Waals surface area contributed by atoms with E-state index >= 15 is 0 Å². The fourth-order valence-electron chi connectivity index (χ4n) is 4.46. The minimum Gasteiger partial charge on any atom is -0.401 e. The van der Waals surface area contributed by atoms with Gasteiger partial charge in [0, 0.05) is 0 Å². The van der Waals surface area contributed by atoms with Gasteiger partial charge in [-0.15, -0.1) is 0 Å². The van der Waals surface area contributed by atoms with Crippen LogP contribution in [0.25, 0.3) is 0 Å². The molecule has 1 aliphatic rings. The standard InChI is InChI=1S/C24H32O2Si/c1-19-20(18-25)12-11-17-24(19,23(2,3)4)26-27(21-13-7-5-8-14-21)22-15-9-6-10-16-22/h5-10,13-16,25,27H,11-12,17-18H2,1-4H3. The van der Waals surface area contributed by atoms with Crippen molar-refractivity contribution in [2.75, 3.05) is 6.61 Å². The smallest absolute Gasteiger partial charge is 0.241 e. The second kappa shape index (κ2) is 8.13. The Bertz CT molecular complexity index is 738. The summed E-state index contributed by atoms with van der Waals surface area (Å²) in [6, 6.07) is 21.4. The van der Waals surface area contributed by atoms with Crippen LogP contribution in [0.4, 0.5) is 0 Å². The zero-order chi connectivity index (χ0) is 19.5. The molecule has 144 valence electrons. The molecule has 1 atom stereocenters. The first-order valence-electron chi connectivity index (χ1n) is 9.97. The van der Waals surface area contributed by atoms with E-state index in [9.17, 15) is 5.11 Å². The molecule has 1 aliphatic carbocycles. The van der Waals surface area contributed by atoms with Gasteiger partial charge in [-0.05, 0) is 53.1 Å². The Balaban J connectivity index is 2.12. The van der Waals surface area contributed by atoms with E-state index in [4.69, 9.17) is 4.43 Å². The lowest BCUT2D eigenvalue weighted by molar-refractivity contribution is -0.0148. The Labute approximate surface area is 165 Å². The van der Waals surface area contributed by atoms with Gasteiger partial charge >= 0.3 is 0 Å². The Morgan fingerprint density at radius 1 is 0.963 bits per heavy atom. The Hall–Kier alpha value is -1.68. The van der Waals surface area contributed by atoms with E-state index in [1.165, 1.54) is 15.9 Å². The average molecular weight is 381 g/mol. The molecular weight excluding hydrogens is 348 g/mol. The van der Waals surface area contributed by atoms with Crippen LogP contribution in [-0.2, 0) is 4.43 Å². The number of aliphatic hydroxyl groups excluding tert-OH is 1. The molecule has 3 heteroatoms. The number of aliphatic hydroxyl groups is 1. The van der Waals surface area contributed by atoms with Crippen LogP contribution in [0.5, 0.6) is 0 Å². The van der Waals surface area contributed by atoms with Gasteiger partial charge in [-0.1, -0.05) is 81.4 Å². The van der Waals surface area contributed by atoms with Crippen LogP contribution in [0, 0.1) is 5.41 Å². The van der Waals surface area contributed by atoms with Gasteiger partial charge in [-0.25, -0.2) is 0 Å². The first-order chi connectivity index (χ1) is 12.9. The molecule has 0 aliphatic heterocycles. The Morgan fingerprint density at radius 2 is 1.48 bits per heavy atom. The van der Waals surface area contributed by atoms with E-state index < -0.39 is 9.04 Å². The molecule has 0 aromatic heterocycles. The third-order valence-corrected chi connectivity index (χ3v) is 8.69. The highest BCUT2D eigenvalue weighted by molar-refractivity contribution is 6.80. The molecule has 1 unspecified atom stereocenters. The summed E-state index contributed by atoms with van der Waals surface area (Å²) in [4.78, 5) is 0. The highest BCUT2D eigenvalue weighted by Gasteiger charge is 2.48. The lowest BCUT2D eigenvalue weighted by Crippen LogP contribution is -2.58. The van der Waals surface area contributed by atoms with Crippen LogP contribution >= 0.6 is 0 Å².